The van der Waals surface area contributed by atoms with Gasteiger partial charge in [0.15, 0.2) is 0 Å². The van der Waals surface area contributed by atoms with E-state index in [-0.39, 0.29) is 18.1 Å². The first kappa shape index (κ1) is 17.8. The third-order valence-corrected chi connectivity index (χ3v) is 4.52. The Hall–Kier alpha value is -2.04. The van der Waals surface area contributed by atoms with E-state index in [1.165, 1.54) is 0 Å². The van der Waals surface area contributed by atoms with E-state index in [1.54, 1.807) is 18.2 Å². The summed E-state index contributed by atoms with van der Waals surface area (Å²) >= 11 is 6.08. The third-order valence-electron chi connectivity index (χ3n) is 4.28. The predicted octanol–water partition coefficient (Wildman–Crippen LogP) is 4.39. The van der Waals surface area contributed by atoms with Gasteiger partial charge in [-0.1, -0.05) is 41.9 Å². The van der Waals surface area contributed by atoms with E-state index in [2.05, 4.69) is 5.32 Å². The molecule has 25 heavy (non-hydrogen) atoms. The Bertz CT molecular complexity index is 714. The number of carbonyl (C=O) groups is 1. The number of halogens is 1. The molecule has 2 aromatic carbocycles. The second-order valence-corrected chi connectivity index (χ2v) is 6.63. The van der Waals surface area contributed by atoms with Gasteiger partial charge in [-0.3, -0.25) is 4.79 Å². The fraction of sp³-hybridized carbons (Fsp3) is 0.350. The van der Waals surface area contributed by atoms with Crippen molar-refractivity contribution in [3.05, 3.63) is 64.7 Å². The van der Waals surface area contributed by atoms with Gasteiger partial charge in [0.05, 0.1) is 17.7 Å². The Balaban J connectivity index is 1.70. The van der Waals surface area contributed by atoms with Crippen LogP contribution in [0.4, 0.5) is 0 Å². The minimum Gasteiger partial charge on any atom is -0.490 e. The molecule has 0 unspecified atom stereocenters. The number of hydrogen-bond donors (Lipinski definition) is 1. The predicted molar refractivity (Wildman–Crippen MR) is 98.2 cm³/mol. The summed E-state index contributed by atoms with van der Waals surface area (Å²) in [5.74, 6) is 0.318. The van der Waals surface area contributed by atoms with Crippen LogP contribution < -0.4 is 10.1 Å². The second kappa shape index (κ2) is 8.37. The van der Waals surface area contributed by atoms with Gasteiger partial charge in [-0.15, -0.1) is 0 Å². The number of amides is 1. The van der Waals surface area contributed by atoms with E-state index in [1.807, 2.05) is 37.3 Å². The number of hydrogen-bond acceptors (Lipinski definition) is 3. The molecule has 3 rings (SSSR count). The number of benzene rings is 2. The zero-order chi connectivity index (χ0) is 17.6. The van der Waals surface area contributed by atoms with Gasteiger partial charge in [0.1, 0.15) is 12.4 Å². The highest BCUT2D eigenvalue weighted by molar-refractivity contribution is 6.31. The zero-order valence-corrected chi connectivity index (χ0v) is 15.0. The Kier molecular flexibility index (Phi) is 5.95. The van der Waals surface area contributed by atoms with Gasteiger partial charge in [-0.2, -0.15) is 0 Å². The van der Waals surface area contributed by atoms with E-state index < -0.39 is 0 Å². The fourth-order valence-electron chi connectivity index (χ4n) is 2.86. The van der Waals surface area contributed by atoms with E-state index in [0.29, 0.717) is 22.9 Å². The molecule has 1 saturated heterocycles. The highest BCUT2D eigenvalue weighted by Crippen LogP contribution is 2.25. The smallest absolute Gasteiger partial charge is 0.255 e. The van der Waals surface area contributed by atoms with Crippen molar-refractivity contribution in [1.82, 2.24) is 5.32 Å². The molecule has 4 nitrogen and oxygen atoms in total. The molecule has 0 bridgehead atoms. The van der Waals surface area contributed by atoms with Gasteiger partial charge >= 0.3 is 0 Å². The maximum atomic E-state index is 12.7. The zero-order valence-electron chi connectivity index (χ0n) is 14.2. The number of ether oxygens (including phenoxy) is 2. The normalized spacial score (nSPS) is 17.9. The molecule has 0 radical (unpaired) electrons. The molecule has 1 amide bonds. The van der Waals surface area contributed by atoms with Crippen molar-refractivity contribution in [2.45, 2.75) is 31.9 Å². The Labute approximate surface area is 153 Å². The van der Waals surface area contributed by atoms with Crippen molar-refractivity contribution in [3.63, 3.8) is 0 Å². The monoisotopic (exact) mass is 359 g/mol. The first-order chi connectivity index (χ1) is 12.1. The second-order valence-electron chi connectivity index (χ2n) is 6.19. The largest absolute Gasteiger partial charge is 0.490 e. The highest BCUT2D eigenvalue weighted by atomic mass is 35.5. The molecule has 2 atom stereocenters. The molecule has 0 saturated carbocycles. The summed E-state index contributed by atoms with van der Waals surface area (Å²) in [4.78, 5) is 12.7. The maximum absolute atomic E-state index is 12.7. The number of nitrogens with one attached hydrogen (secondary N) is 1. The highest BCUT2D eigenvalue weighted by Gasteiger charge is 2.20. The molecular weight excluding hydrogens is 338 g/mol. The standard InChI is InChI=1S/C20H22ClNO3/c1-14(15-6-3-2-4-7-15)22-20(23)18-12-16(21)9-10-19(18)25-13-17-8-5-11-24-17/h2-4,6-7,9-10,12,14,17H,5,8,11,13H2,1H3,(H,22,23)/t14-,17-/m0/s1. The lowest BCUT2D eigenvalue weighted by Crippen LogP contribution is -2.27. The molecule has 0 aromatic heterocycles. The first-order valence-electron chi connectivity index (χ1n) is 8.53. The first-order valence-corrected chi connectivity index (χ1v) is 8.91. The lowest BCUT2D eigenvalue weighted by atomic mass is 10.1. The van der Waals surface area contributed by atoms with Crippen LogP contribution in [-0.4, -0.2) is 25.2 Å². The molecule has 132 valence electrons. The van der Waals surface area contributed by atoms with Crippen LogP contribution in [0.1, 0.15) is 41.7 Å². The summed E-state index contributed by atoms with van der Waals surface area (Å²) in [5, 5.41) is 3.50. The van der Waals surface area contributed by atoms with Crippen molar-refractivity contribution in [2.75, 3.05) is 13.2 Å². The van der Waals surface area contributed by atoms with E-state index in [9.17, 15) is 4.79 Å². The number of rotatable bonds is 6. The van der Waals surface area contributed by atoms with Crippen LogP contribution in [0, 0.1) is 0 Å². The Morgan fingerprint density at radius 2 is 2.12 bits per heavy atom. The average molecular weight is 360 g/mol. The molecule has 5 heteroatoms. The van der Waals surface area contributed by atoms with Crippen LogP contribution in [0.15, 0.2) is 48.5 Å². The van der Waals surface area contributed by atoms with Crippen molar-refractivity contribution in [3.8, 4) is 5.75 Å². The van der Waals surface area contributed by atoms with Crippen LogP contribution in [0.2, 0.25) is 5.02 Å². The molecule has 0 spiro atoms. The average Bonchev–Trinajstić information content (AvgIpc) is 3.15. The van der Waals surface area contributed by atoms with Gasteiger partial charge in [0.2, 0.25) is 0 Å². The van der Waals surface area contributed by atoms with Gasteiger partial charge in [-0.05, 0) is 43.5 Å². The van der Waals surface area contributed by atoms with Crippen LogP contribution in [0.25, 0.3) is 0 Å². The van der Waals surface area contributed by atoms with Crippen molar-refractivity contribution in [2.24, 2.45) is 0 Å². The molecule has 1 aliphatic rings. The molecular formula is C20H22ClNO3. The summed E-state index contributed by atoms with van der Waals surface area (Å²) in [5.41, 5.74) is 1.48. The summed E-state index contributed by atoms with van der Waals surface area (Å²) in [6.45, 7) is 3.16. The van der Waals surface area contributed by atoms with Gasteiger partial charge in [-0.25, -0.2) is 0 Å². The van der Waals surface area contributed by atoms with Gasteiger partial charge in [0.25, 0.3) is 5.91 Å². The summed E-state index contributed by atoms with van der Waals surface area (Å²) in [7, 11) is 0. The van der Waals surface area contributed by atoms with Gasteiger partial charge < -0.3 is 14.8 Å². The minimum absolute atomic E-state index is 0.0924. The maximum Gasteiger partial charge on any atom is 0.255 e. The van der Waals surface area contributed by atoms with E-state index >= 15 is 0 Å². The molecule has 0 aliphatic carbocycles. The lowest BCUT2D eigenvalue weighted by Gasteiger charge is -2.17. The van der Waals surface area contributed by atoms with Crippen LogP contribution in [0.5, 0.6) is 5.75 Å². The molecule has 1 aliphatic heterocycles. The summed E-state index contributed by atoms with van der Waals surface area (Å²) in [6, 6.07) is 14.8. The molecule has 1 fully saturated rings. The molecule has 2 aromatic rings. The van der Waals surface area contributed by atoms with E-state index in [0.717, 1.165) is 25.0 Å². The van der Waals surface area contributed by atoms with Crippen LogP contribution >= 0.6 is 11.6 Å². The fourth-order valence-corrected chi connectivity index (χ4v) is 3.04. The van der Waals surface area contributed by atoms with Crippen molar-refractivity contribution in [1.29, 1.82) is 0 Å². The topological polar surface area (TPSA) is 47.6 Å². The van der Waals surface area contributed by atoms with E-state index in [4.69, 9.17) is 21.1 Å². The minimum atomic E-state index is -0.207. The third kappa shape index (κ3) is 4.74. The quantitative estimate of drug-likeness (QED) is 0.832. The van der Waals surface area contributed by atoms with Crippen LogP contribution in [0.3, 0.4) is 0 Å². The van der Waals surface area contributed by atoms with Crippen molar-refractivity contribution < 1.29 is 14.3 Å². The Morgan fingerprint density at radius 1 is 1.32 bits per heavy atom. The van der Waals surface area contributed by atoms with Crippen LogP contribution in [-0.2, 0) is 4.74 Å². The summed E-state index contributed by atoms with van der Waals surface area (Å²) < 4.78 is 11.4. The van der Waals surface area contributed by atoms with Crippen molar-refractivity contribution >= 4 is 17.5 Å². The van der Waals surface area contributed by atoms with Gasteiger partial charge in [0, 0.05) is 11.6 Å². The number of carbonyl (C=O) groups excluding carboxylic acids is 1. The SMILES string of the molecule is C[C@H](NC(=O)c1cc(Cl)ccc1OC[C@@H]1CCCO1)c1ccccc1. The Morgan fingerprint density at radius 3 is 2.84 bits per heavy atom. The summed E-state index contributed by atoms with van der Waals surface area (Å²) in [6.07, 6.45) is 2.13. The molecule has 1 heterocycles. The lowest BCUT2D eigenvalue weighted by molar-refractivity contribution is 0.0670. The molecule has 1 N–H and O–H groups in total.